The topological polar surface area (TPSA) is 200 Å². The Balaban J connectivity index is 1.21. The molecule has 3 heterocycles. The van der Waals surface area contributed by atoms with Crippen LogP contribution in [0.4, 0.5) is 11.5 Å². The van der Waals surface area contributed by atoms with Crippen LogP contribution in [0.2, 0.25) is 5.28 Å². The number of rotatable bonds is 8. The number of nitrogens with zero attached hydrogens (tertiary/aromatic N) is 4. The number of ether oxygens (including phenoxy) is 1. The molecule has 2 unspecified atom stereocenters. The summed E-state index contributed by atoms with van der Waals surface area (Å²) >= 11 is 6.34. The fourth-order valence-electron chi connectivity index (χ4n) is 6.02. The van der Waals surface area contributed by atoms with E-state index in [1.54, 1.807) is 0 Å². The van der Waals surface area contributed by atoms with Gasteiger partial charge in [-0.2, -0.15) is 9.97 Å². The molecule has 16 heteroatoms. The Morgan fingerprint density at radius 1 is 0.909 bits per heavy atom. The van der Waals surface area contributed by atoms with Crippen molar-refractivity contribution in [3.8, 4) is 0 Å². The molecule has 6 N–H and O–H groups in total. The Hall–Kier alpha value is -3.22. The maximum absolute atomic E-state index is 12.3. The average molecular weight is 658 g/mol. The first-order valence-corrected chi connectivity index (χ1v) is 17.8. The Kier molecular flexibility index (Phi) is 7.17. The highest BCUT2D eigenvalue weighted by Gasteiger charge is 2.45. The predicted octanol–water partition coefficient (Wildman–Crippen LogP) is 4.54. The molecule has 1 saturated heterocycles. The number of aliphatic hydroxyl groups is 2. The van der Waals surface area contributed by atoms with Gasteiger partial charge in [0, 0.05) is 17.2 Å². The molecule has 0 saturated carbocycles. The van der Waals surface area contributed by atoms with Crippen LogP contribution < -0.4 is 5.32 Å². The van der Waals surface area contributed by atoms with E-state index in [0.29, 0.717) is 11.3 Å². The van der Waals surface area contributed by atoms with Crippen LogP contribution in [0.15, 0.2) is 60.9 Å². The summed E-state index contributed by atoms with van der Waals surface area (Å²) in [4.78, 5) is 41.3. The first-order chi connectivity index (χ1) is 20.9. The molecule has 1 aliphatic rings. The van der Waals surface area contributed by atoms with Gasteiger partial charge in [0.2, 0.25) is 12.7 Å². The van der Waals surface area contributed by atoms with E-state index in [1.807, 2.05) is 24.3 Å². The average Bonchev–Trinajstić information content (AvgIpc) is 3.50. The zero-order valence-electron chi connectivity index (χ0n) is 22.7. The first-order valence-electron chi connectivity index (χ1n) is 13.6. The van der Waals surface area contributed by atoms with Crippen LogP contribution in [0.3, 0.4) is 0 Å². The van der Waals surface area contributed by atoms with Crippen molar-refractivity contribution < 1.29 is 38.8 Å². The van der Waals surface area contributed by atoms with E-state index in [-0.39, 0.29) is 17.4 Å². The van der Waals surface area contributed by atoms with Gasteiger partial charge >= 0.3 is 7.60 Å². The molecule has 228 valence electrons. The molecule has 0 spiro atoms. The fraction of sp³-hybridized carbons (Fsp3) is 0.250. The molecular formula is C28H26ClN5O8P2. The van der Waals surface area contributed by atoms with Gasteiger partial charge in [0.1, 0.15) is 18.1 Å². The largest absolute Gasteiger partial charge is 0.388 e. The number of halogens is 1. The predicted molar refractivity (Wildman–Crippen MR) is 166 cm³/mol. The second-order valence-electron chi connectivity index (χ2n) is 11.0. The number of fused-ring (bicyclic) bond motifs is 1. The Morgan fingerprint density at radius 3 is 2.32 bits per heavy atom. The third-order valence-corrected chi connectivity index (χ3v) is 12.3. The molecule has 13 nitrogen and oxygen atoms in total. The molecule has 5 atom stereocenters. The Morgan fingerprint density at radius 2 is 1.59 bits per heavy atom. The van der Waals surface area contributed by atoms with Gasteiger partial charge in [-0.15, -0.1) is 0 Å². The van der Waals surface area contributed by atoms with Gasteiger partial charge in [-0.3, -0.25) is 13.7 Å². The molecule has 6 aromatic rings. The maximum Gasteiger partial charge on any atom is 0.335 e. The van der Waals surface area contributed by atoms with Crippen LogP contribution in [0.1, 0.15) is 12.6 Å². The highest BCUT2D eigenvalue weighted by Crippen LogP contribution is 2.55. The normalized spacial score (nSPS) is 22.4. The van der Waals surface area contributed by atoms with Crippen LogP contribution in [-0.4, -0.2) is 74.8 Å². The third-order valence-electron chi connectivity index (χ3n) is 7.96. The minimum absolute atomic E-state index is 0.109. The minimum atomic E-state index is -4.73. The smallest absolute Gasteiger partial charge is 0.335 e. The summed E-state index contributed by atoms with van der Waals surface area (Å²) in [7, 11) is -8.95. The van der Waals surface area contributed by atoms with Crippen LogP contribution in [0, 0.1) is 0 Å². The lowest BCUT2D eigenvalue weighted by Gasteiger charge is -2.18. The summed E-state index contributed by atoms with van der Waals surface area (Å²) in [6.45, 7) is 0. The maximum atomic E-state index is 12.3. The van der Waals surface area contributed by atoms with E-state index in [0.717, 1.165) is 38.0 Å². The summed E-state index contributed by atoms with van der Waals surface area (Å²) in [6, 6.07) is 18.4. The number of benzene rings is 4. The summed E-state index contributed by atoms with van der Waals surface area (Å²) in [5.74, 6) is -0.879. The highest BCUT2D eigenvalue weighted by molar-refractivity contribution is 7.72. The quantitative estimate of drug-likeness (QED) is 0.0760. The van der Waals surface area contributed by atoms with Gasteiger partial charge in [-0.25, -0.2) is 4.98 Å². The second-order valence-corrected chi connectivity index (χ2v) is 15.9. The van der Waals surface area contributed by atoms with Gasteiger partial charge in [0.15, 0.2) is 23.2 Å². The van der Waals surface area contributed by atoms with Crippen molar-refractivity contribution in [2.45, 2.75) is 31.0 Å². The Bertz CT molecular complexity index is 2140. The Labute approximate surface area is 254 Å². The van der Waals surface area contributed by atoms with Crippen molar-refractivity contribution in [3.63, 3.8) is 0 Å². The molecule has 7 rings (SSSR count). The van der Waals surface area contributed by atoms with E-state index in [1.165, 1.54) is 10.9 Å². The molecule has 0 amide bonds. The zero-order chi connectivity index (χ0) is 31.0. The number of anilines is 2. The van der Waals surface area contributed by atoms with Crippen LogP contribution in [-0.2, 0) is 13.9 Å². The van der Waals surface area contributed by atoms with Gasteiger partial charge in [-0.1, -0.05) is 48.5 Å². The van der Waals surface area contributed by atoms with E-state index in [9.17, 15) is 24.2 Å². The fourth-order valence-corrected chi connectivity index (χ4v) is 9.71. The van der Waals surface area contributed by atoms with Crippen LogP contribution in [0.5, 0.6) is 0 Å². The van der Waals surface area contributed by atoms with Crippen molar-refractivity contribution >= 4 is 81.6 Å². The highest BCUT2D eigenvalue weighted by atomic mass is 35.5. The SMILES string of the molecule is O=P(O)(O)CP(=O)(O)CC[C@H]1O[C@@H](n2cnc3c(Nc4ccc5ccc6cccc7ccc4c5c67)nc(Cl)nc32)[C@@H](O)C1O. The lowest BCUT2D eigenvalue weighted by atomic mass is 9.93. The number of hydrogen-bond donors (Lipinski definition) is 6. The van der Waals surface area contributed by atoms with Crippen molar-refractivity contribution in [3.05, 3.63) is 66.2 Å². The molecule has 0 aliphatic carbocycles. The minimum Gasteiger partial charge on any atom is -0.388 e. The first kappa shape index (κ1) is 29.5. The van der Waals surface area contributed by atoms with E-state index >= 15 is 0 Å². The molecule has 44 heavy (non-hydrogen) atoms. The van der Waals surface area contributed by atoms with Crippen LogP contribution >= 0.6 is 26.6 Å². The zero-order valence-corrected chi connectivity index (χ0v) is 25.3. The lowest BCUT2D eigenvalue weighted by molar-refractivity contribution is -0.0354. The summed E-state index contributed by atoms with van der Waals surface area (Å²) in [5.41, 5.74) is 1.28. The third kappa shape index (κ3) is 5.24. The van der Waals surface area contributed by atoms with Gasteiger partial charge in [-0.05, 0) is 51.0 Å². The molecule has 0 radical (unpaired) electrons. The summed E-state index contributed by atoms with van der Waals surface area (Å²) < 4.78 is 30.7. The molecule has 1 fully saturated rings. The molecule has 0 bridgehead atoms. The van der Waals surface area contributed by atoms with Crippen molar-refractivity contribution in [1.29, 1.82) is 0 Å². The van der Waals surface area contributed by atoms with Crippen molar-refractivity contribution in [1.82, 2.24) is 19.5 Å². The lowest BCUT2D eigenvalue weighted by Crippen LogP contribution is -2.32. The van der Waals surface area contributed by atoms with E-state index in [2.05, 4.69) is 50.6 Å². The van der Waals surface area contributed by atoms with Gasteiger partial charge < -0.3 is 34.9 Å². The summed E-state index contributed by atoms with van der Waals surface area (Å²) in [5, 5.41) is 31.3. The molecular weight excluding hydrogens is 632 g/mol. The number of nitrogens with one attached hydrogen (secondary N) is 1. The van der Waals surface area contributed by atoms with Crippen molar-refractivity contribution in [2.24, 2.45) is 0 Å². The van der Waals surface area contributed by atoms with Crippen LogP contribution in [0.25, 0.3) is 43.5 Å². The monoisotopic (exact) mass is 657 g/mol. The number of hydrogen-bond acceptors (Lipinski definition) is 9. The van der Waals surface area contributed by atoms with Gasteiger partial charge in [0.05, 0.1) is 12.4 Å². The number of imidazole rings is 1. The number of aliphatic hydroxyl groups excluding tert-OH is 2. The van der Waals surface area contributed by atoms with Crippen molar-refractivity contribution in [2.75, 3.05) is 17.4 Å². The molecule has 4 aromatic carbocycles. The molecule has 1 aliphatic heterocycles. The van der Waals surface area contributed by atoms with E-state index in [4.69, 9.17) is 26.1 Å². The number of aromatic nitrogens is 4. The van der Waals surface area contributed by atoms with Gasteiger partial charge in [0.25, 0.3) is 0 Å². The second kappa shape index (κ2) is 10.7. The molecule has 2 aromatic heterocycles. The van der Waals surface area contributed by atoms with E-state index < -0.39 is 51.6 Å². The summed E-state index contributed by atoms with van der Waals surface area (Å²) in [6.07, 6.45) is -4.61. The standard InChI is InChI=1S/C28H26ClN5O8P2/c29-28-32-25(31-18-9-7-16-5-4-14-2-1-3-15-6-8-17(18)21(16)20(14)15)22-26(33-28)34(12-30-22)27-24(36)23(35)19(42-27)10-11-43(37,38)13-44(39,40)41/h1-9,12,19,23-24,27,35-36H,10-11,13H2,(H,37,38)(H,31,32,33)(H2,39,40,41)/t19-,23?,24+,27-/m1/s1.